The molecule has 0 radical (unpaired) electrons. The molecule has 106 valence electrons. The smallest absolute Gasteiger partial charge is 0.338 e. The predicted octanol–water partition coefficient (Wildman–Crippen LogP) is 2.99. The fraction of sp³-hybridized carbons (Fsp3) is 0.462. The van der Waals surface area contributed by atoms with Gasteiger partial charge < -0.3 is 4.74 Å². The highest BCUT2D eigenvalue weighted by atomic mass is 35.7. The number of carbonyl (C=O) groups excluding carboxylic acids is 1. The third-order valence-corrected chi connectivity index (χ3v) is 3.86. The third kappa shape index (κ3) is 4.51. The molecule has 0 saturated heterocycles. The van der Waals surface area contributed by atoms with Gasteiger partial charge in [-0.15, -0.1) is 0 Å². The summed E-state index contributed by atoms with van der Waals surface area (Å²) in [6.45, 7) is 6.02. The van der Waals surface area contributed by atoms with Crippen LogP contribution < -0.4 is 0 Å². The van der Waals surface area contributed by atoms with Crippen LogP contribution >= 0.6 is 10.7 Å². The first-order valence-corrected chi connectivity index (χ1v) is 8.31. The summed E-state index contributed by atoms with van der Waals surface area (Å²) < 4.78 is 27.7. The topological polar surface area (TPSA) is 60.4 Å². The van der Waals surface area contributed by atoms with E-state index < -0.39 is 15.0 Å². The second-order valence-electron chi connectivity index (χ2n) is 4.60. The van der Waals surface area contributed by atoms with Gasteiger partial charge in [0.15, 0.2) is 0 Å². The van der Waals surface area contributed by atoms with Gasteiger partial charge >= 0.3 is 5.97 Å². The van der Waals surface area contributed by atoms with Crippen LogP contribution in [0.15, 0.2) is 23.1 Å². The molecule has 0 aliphatic carbocycles. The van der Waals surface area contributed by atoms with Crippen LogP contribution in [0.1, 0.15) is 36.7 Å². The Bertz CT molecular complexity index is 564. The molecule has 0 aromatic heterocycles. The number of carbonyl (C=O) groups is 1. The first-order valence-electron chi connectivity index (χ1n) is 6.00. The average molecular weight is 305 g/mol. The van der Waals surface area contributed by atoms with Crippen LogP contribution in [0.4, 0.5) is 0 Å². The summed E-state index contributed by atoms with van der Waals surface area (Å²) in [5, 5.41) is 0. The van der Waals surface area contributed by atoms with E-state index in [9.17, 15) is 13.2 Å². The lowest BCUT2D eigenvalue weighted by Crippen LogP contribution is -2.12. The van der Waals surface area contributed by atoms with Crippen molar-refractivity contribution in [3.63, 3.8) is 0 Å². The molecule has 1 rings (SSSR count). The van der Waals surface area contributed by atoms with Crippen molar-refractivity contribution in [2.24, 2.45) is 5.92 Å². The van der Waals surface area contributed by atoms with Crippen molar-refractivity contribution in [3.05, 3.63) is 29.3 Å². The van der Waals surface area contributed by atoms with E-state index in [4.69, 9.17) is 15.4 Å². The van der Waals surface area contributed by atoms with Gasteiger partial charge in [0.1, 0.15) is 0 Å². The highest BCUT2D eigenvalue weighted by molar-refractivity contribution is 8.13. The molecule has 4 nitrogen and oxygen atoms in total. The summed E-state index contributed by atoms with van der Waals surface area (Å²) in [6, 6.07) is 4.24. The predicted molar refractivity (Wildman–Crippen MR) is 74.0 cm³/mol. The highest BCUT2D eigenvalue weighted by Crippen LogP contribution is 2.21. The zero-order chi connectivity index (χ0) is 14.6. The van der Waals surface area contributed by atoms with Crippen molar-refractivity contribution >= 4 is 25.7 Å². The van der Waals surface area contributed by atoms with Crippen LogP contribution in [0.2, 0.25) is 0 Å². The monoisotopic (exact) mass is 304 g/mol. The summed E-state index contributed by atoms with van der Waals surface area (Å²) in [7, 11) is 1.43. The quantitative estimate of drug-likeness (QED) is 0.620. The number of benzene rings is 1. The molecule has 0 spiro atoms. The summed E-state index contributed by atoms with van der Waals surface area (Å²) in [5.74, 6) is -0.304. The molecule has 6 heteroatoms. The van der Waals surface area contributed by atoms with E-state index in [0.29, 0.717) is 13.0 Å². The lowest BCUT2D eigenvalue weighted by atomic mass is 10.1. The Kier molecular flexibility index (Phi) is 5.38. The van der Waals surface area contributed by atoms with E-state index in [-0.39, 0.29) is 16.4 Å². The molecular formula is C13H17ClO4S. The summed E-state index contributed by atoms with van der Waals surface area (Å²) >= 11 is 0. The van der Waals surface area contributed by atoms with Crippen LogP contribution in [-0.2, 0) is 20.2 Å². The number of esters is 1. The van der Waals surface area contributed by atoms with Crippen molar-refractivity contribution in [1.82, 2.24) is 0 Å². The fourth-order valence-electron chi connectivity index (χ4n) is 1.53. The third-order valence-electron chi connectivity index (χ3n) is 2.51. The number of rotatable bonds is 5. The number of ether oxygens (including phenoxy) is 1. The minimum absolute atomic E-state index is 0.0946. The van der Waals surface area contributed by atoms with Crippen molar-refractivity contribution in [1.29, 1.82) is 0 Å². The molecule has 0 bridgehead atoms. The zero-order valence-electron chi connectivity index (χ0n) is 11.1. The molecule has 0 aliphatic heterocycles. The Hall–Kier alpha value is -1.07. The number of halogens is 1. The van der Waals surface area contributed by atoms with Gasteiger partial charge in [-0.1, -0.05) is 26.8 Å². The molecule has 1 aromatic carbocycles. The maximum Gasteiger partial charge on any atom is 0.338 e. The standard InChI is InChI=1S/C13H17ClO4S/c1-4-10-5-6-11(19(14,16)17)7-12(10)13(15)18-8-9(2)3/h5-7,9H,4,8H2,1-3H3. The van der Waals surface area contributed by atoms with E-state index >= 15 is 0 Å². The largest absolute Gasteiger partial charge is 0.462 e. The lowest BCUT2D eigenvalue weighted by molar-refractivity contribution is 0.0457. The van der Waals surface area contributed by atoms with Crippen LogP contribution in [0.25, 0.3) is 0 Å². The second kappa shape index (κ2) is 6.39. The normalized spacial score (nSPS) is 11.6. The Morgan fingerprint density at radius 2 is 2.00 bits per heavy atom. The summed E-state index contributed by atoms with van der Waals surface area (Å²) in [6.07, 6.45) is 0.606. The van der Waals surface area contributed by atoms with Gasteiger partial charge in [0, 0.05) is 10.7 Å². The molecule has 0 N–H and O–H groups in total. The molecule has 0 unspecified atom stereocenters. The molecular weight excluding hydrogens is 288 g/mol. The zero-order valence-corrected chi connectivity index (χ0v) is 12.7. The number of hydrogen-bond donors (Lipinski definition) is 0. The van der Waals surface area contributed by atoms with Gasteiger partial charge in [-0.05, 0) is 30.0 Å². The number of hydrogen-bond acceptors (Lipinski definition) is 4. The molecule has 1 aromatic rings. The average Bonchev–Trinajstić information content (AvgIpc) is 2.33. The Balaban J connectivity index is 3.13. The summed E-state index contributed by atoms with van der Waals surface area (Å²) in [5.41, 5.74) is 0.989. The van der Waals surface area contributed by atoms with E-state index in [1.807, 2.05) is 20.8 Å². The van der Waals surface area contributed by atoms with Gasteiger partial charge in [0.05, 0.1) is 17.1 Å². The molecule has 19 heavy (non-hydrogen) atoms. The van der Waals surface area contributed by atoms with Crippen molar-refractivity contribution in [3.8, 4) is 0 Å². The van der Waals surface area contributed by atoms with Crippen LogP contribution in [0.3, 0.4) is 0 Å². The molecule has 0 amide bonds. The van der Waals surface area contributed by atoms with Crippen molar-refractivity contribution < 1.29 is 17.9 Å². The lowest BCUT2D eigenvalue weighted by Gasteiger charge is -2.11. The second-order valence-corrected chi connectivity index (χ2v) is 7.17. The highest BCUT2D eigenvalue weighted by Gasteiger charge is 2.18. The minimum atomic E-state index is -3.85. The van der Waals surface area contributed by atoms with E-state index in [1.165, 1.54) is 12.1 Å². The van der Waals surface area contributed by atoms with Crippen LogP contribution in [0.5, 0.6) is 0 Å². The number of aryl methyl sites for hydroxylation is 1. The van der Waals surface area contributed by atoms with Gasteiger partial charge in [-0.3, -0.25) is 0 Å². The van der Waals surface area contributed by atoms with E-state index in [1.54, 1.807) is 6.07 Å². The fourth-order valence-corrected chi connectivity index (χ4v) is 2.30. The maximum absolute atomic E-state index is 11.9. The maximum atomic E-state index is 11.9. The van der Waals surface area contributed by atoms with Gasteiger partial charge in [-0.2, -0.15) is 0 Å². The van der Waals surface area contributed by atoms with Crippen LogP contribution in [-0.4, -0.2) is 21.0 Å². The van der Waals surface area contributed by atoms with Gasteiger partial charge in [0.25, 0.3) is 9.05 Å². The van der Waals surface area contributed by atoms with Gasteiger partial charge in [-0.25, -0.2) is 13.2 Å². The molecule has 0 atom stereocenters. The Labute approximate surface area is 118 Å². The Morgan fingerprint density at radius 3 is 2.47 bits per heavy atom. The summed E-state index contributed by atoms with van der Waals surface area (Å²) in [4.78, 5) is 11.9. The van der Waals surface area contributed by atoms with E-state index in [2.05, 4.69) is 0 Å². The molecule has 0 fully saturated rings. The van der Waals surface area contributed by atoms with Crippen molar-refractivity contribution in [2.45, 2.75) is 32.1 Å². The first-order chi connectivity index (χ1) is 8.75. The van der Waals surface area contributed by atoms with Gasteiger partial charge in [0.2, 0.25) is 0 Å². The molecule has 0 aliphatic rings. The molecule has 0 heterocycles. The van der Waals surface area contributed by atoms with E-state index in [0.717, 1.165) is 5.56 Å². The Morgan fingerprint density at radius 1 is 1.37 bits per heavy atom. The molecule has 0 saturated carbocycles. The van der Waals surface area contributed by atoms with Crippen molar-refractivity contribution in [2.75, 3.05) is 6.61 Å². The minimum Gasteiger partial charge on any atom is -0.462 e. The first kappa shape index (κ1) is 16.0. The SMILES string of the molecule is CCc1ccc(S(=O)(=O)Cl)cc1C(=O)OCC(C)C. The van der Waals surface area contributed by atoms with Crippen LogP contribution in [0, 0.1) is 5.92 Å².